The van der Waals surface area contributed by atoms with E-state index in [4.69, 9.17) is 16.3 Å². The third-order valence-electron chi connectivity index (χ3n) is 4.87. The molecule has 3 aromatic carbocycles. The molecule has 1 unspecified atom stereocenters. The summed E-state index contributed by atoms with van der Waals surface area (Å²) in [6, 6.07) is 20.0. The Kier molecular flexibility index (Phi) is 7.32. The number of carbonyl (C=O) groups is 2. The van der Waals surface area contributed by atoms with Gasteiger partial charge in [0.05, 0.1) is 17.3 Å². The normalized spacial score (nSPS) is 11.5. The summed E-state index contributed by atoms with van der Waals surface area (Å²) in [5, 5.41) is 6.41. The molecule has 1 atom stereocenters. The molecule has 0 aliphatic rings. The molecule has 160 valence electrons. The van der Waals surface area contributed by atoms with Gasteiger partial charge >= 0.3 is 0 Å². The van der Waals surface area contributed by atoms with Crippen LogP contribution in [0.25, 0.3) is 0 Å². The average molecular weight is 437 g/mol. The number of benzene rings is 3. The summed E-state index contributed by atoms with van der Waals surface area (Å²) in [6.07, 6.45) is 0. The van der Waals surface area contributed by atoms with Gasteiger partial charge in [-0.25, -0.2) is 0 Å². The van der Waals surface area contributed by atoms with E-state index in [-0.39, 0.29) is 24.5 Å². The smallest absolute Gasteiger partial charge is 0.262 e. The number of hydrogen-bond donors (Lipinski definition) is 2. The van der Waals surface area contributed by atoms with Crippen LogP contribution in [0.15, 0.2) is 66.7 Å². The molecular weight excluding hydrogens is 412 g/mol. The molecule has 31 heavy (non-hydrogen) atoms. The van der Waals surface area contributed by atoms with Crippen molar-refractivity contribution in [2.45, 2.75) is 26.8 Å². The van der Waals surface area contributed by atoms with Crippen LogP contribution in [0.1, 0.15) is 40.0 Å². The fraction of sp³-hybridized carbons (Fsp3) is 0.200. The average Bonchev–Trinajstić information content (AvgIpc) is 2.76. The second kappa shape index (κ2) is 10.1. The zero-order chi connectivity index (χ0) is 22.4. The number of ether oxygens (including phenoxy) is 1. The first-order valence-corrected chi connectivity index (χ1v) is 10.4. The Morgan fingerprint density at radius 2 is 1.58 bits per heavy atom. The molecule has 0 saturated carbocycles. The Labute approximate surface area is 187 Å². The lowest BCUT2D eigenvalue weighted by Gasteiger charge is -2.16. The highest BCUT2D eigenvalue weighted by Crippen LogP contribution is 2.26. The first-order chi connectivity index (χ1) is 14.8. The molecule has 0 radical (unpaired) electrons. The molecule has 2 amide bonds. The number of hydrogen-bond acceptors (Lipinski definition) is 3. The van der Waals surface area contributed by atoms with Crippen molar-refractivity contribution in [3.05, 3.63) is 94.0 Å². The predicted molar refractivity (Wildman–Crippen MR) is 124 cm³/mol. The maximum atomic E-state index is 12.8. The molecule has 0 aliphatic carbocycles. The van der Waals surface area contributed by atoms with Gasteiger partial charge in [-0.05, 0) is 61.7 Å². The van der Waals surface area contributed by atoms with E-state index in [0.29, 0.717) is 22.0 Å². The van der Waals surface area contributed by atoms with Gasteiger partial charge in [0, 0.05) is 5.02 Å². The van der Waals surface area contributed by atoms with Crippen molar-refractivity contribution < 1.29 is 14.3 Å². The van der Waals surface area contributed by atoms with E-state index in [2.05, 4.69) is 10.6 Å². The number of rotatable bonds is 7. The molecular formula is C25H25ClN2O3. The summed E-state index contributed by atoms with van der Waals surface area (Å²) >= 11 is 6.17. The van der Waals surface area contributed by atoms with Crippen molar-refractivity contribution in [2.24, 2.45) is 0 Å². The topological polar surface area (TPSA) is 67.4 Å². The molecule has 0 aliphatic heterocycles. The van der Waals surface area contributed by atoms with E-state index in [9.17, 15) is 9.59 Å². The summed E-state index contributed by atoms with van der Waals surface area (Å²) < 4.78 is 5.61. The van der Waals surface area contributed by atoms with Gasteiger partial charge in [-0.1, -0.05) is 54.1 Å². The van der Waals surface area contributed by atoms with Gasteiger partial charge in [0.1, 0.15) is 5.75 Å². The van der Waals surface area contributed by atoms with Crippen LogP contribution in [0.5, 0.6) is 5.75 Å². The van der Waals surface area contributed by atoms with Crippen LogP contribution in [0.2, 0.25) is 5.02 Å². The lowest BCUT2D eigenvalue weighted by Crippen LogP contribution is -2.28. The van der Waals surface area contributed by atoms with Gasteiger partial charge in [0.15, 0.2) is 6.61 Å². The van der Waals surface area contributed by atoms with Crippen LogP contribution in [0.4, 0.5) is 5.69 Å². The van der Waals surface area contributed by atoms with Gasteiger partial charge in [0.2, 0.25) is 0 Å². The molecule has 6 heteroatoms. The van der Waals surface area contributed by atoms with Crippen LogP contribution < -0.4 is 15.4 Å². The Hall–Kier alpha value is -3.31. The zero-order valence-electron chi connectivity index (χ0n) is 17.7. The minimum absolute atomic E-state index is 0.169. The predicted octanol–water partition coefficient (Wildman–Crippen LogP) is 5.47. The Bertz CT molecular complexity index is 1060. The summed E-state index contributed by atoms with van der Waals surface area (Å²) in [4.78, 5) is 25.3. The summed E-state index contributed by atoms with van der Waals surface area (Å²) in [6.45, 7) is 5.50. The lowest BCUT2D eigenvalue weighted by molar-refractivity contribution is -0.118. The summed E-state index contributed by atoms with van der Waals surface area (Å²) in [7, 11) is 0. The summed E-state index contributed by atoms with van der Waals surface area (Å²) in [5.74, 6) is -0.0593. The minimum Gasteiger partial charge on any atom is -0.484 e. The van der Waals surface area contributed by atoms with Crippen LogP contribution in [-0.4, -0.2) is 18.4 Å². The highest BCUT2D eigenvalue weighted by molar-refractivity contribution is 6.32. The van der Waals surface area contributed by atoms with E-state index >= 15 is 0 Å². The van der Waals surface area contributed by atoms with Crippen molar-refractivity contribution in [2.75, 3.05) is 11.9 Å². The quantitative estimate of drug-likeness (QED) is 0.516. The van der Waals surface area contributed by atoms with Crippen LogP contribution in [0.3, 0.4) is 0 Å². The molecule has 0 fully saturated rings. The van der Waals surface area contributed by atoms with Gasteiger partial charge in [-0.15, -0.1) is 0 Å². The maximum absolute atomic E-state index is 12.8. The van der Waals surface area contributed by atoms with E-state index in [1.807, 2.05) is 51.1 Å². The highest BCUT2D eigenvalue weighted by Gasteiger charge is 2.16. The van der Waals surface area contributed by atoms with Crippen molar-refractivity contribution >= 4 is 29.1 Å². The zero-order valence-corrected chi connectivity index (χ0v) is 18.5. The lowest BCUT2D eigenvalue weighted by atomic mass is 10.1. The number of halogens is 1. The monoisotopic (exact) mass is 436 g/mol. The first-order valence-electron chi connectivity index (χ1n) is 9.99. The van der Waals surface area contributed by atoms with Gasteiger partial charge in [-0.3, -0.25) is 9.59 Å². The molecule has 2 N–H and O–H groups in total. The Morgan fingerprint density at radius 1 is 0.968 bits per heavy atom. The molecule has 3 rings (SSSR count). The van der Waals surface area contributed by atoms with E-state index < -0.39 is 0 Å². The largest absolute Gasteiger partial charge is 0.484 e. The first kappa shape index (κ1) is 22.4. The molecule has 0 heterocycles. The molecule has 5 nitrogen and oxygen atoms in total. The SMILES string of the molecule is Cc1cc(OCC(=O)Nc2ccccc2C(=O)NC(C)c2ccccc2)cc(C)c1Cl. The minimum atomic E-state index is -0.360. The Morgan fingerprint density at radius 3 is 2.26 bits per heavy atom. The van der Waals surface area contributed by atoms with Crippen molar-refractivity contribution in [3.63, 3.8) is 0 Å². The van der Waals surface area contributed by atoms with Crippen molar-refractivity contribution in [1.29, 1.82) is 0 Å². The molecule has 0 saturated heterocycles. The van der Waals surface area contributed by atoms with E-state index in [0.717, 1.165) is 16.7 Å². The van der Waals surface area contributed by atoms with Crippen LogP contribution in [-0.2, 0) is 4.79 Å². The van der Waals surface area contributed by atoms with Gasteiger partial charge in [0.25, 0.3) is 11.8 Å². The number of nitrogens with one attached hydrogen (secondary N) is 2. The van der Waals surface area contributed by atoms with Gasteiger partial charge < -0.3 is 15.4 Å². The van der Waals surface area contributed by atoms with Gasteiger partial charge in [-0.2, -0.15) is 0 Å². The second-order valence-electron chi connectivity index (χ2n) is 7.36. The standard InChI is InChI=1S/C25H25ClN2O3/c1-16-13-20(14-17(2)24(16)26)31-15-23(29)28-22-12-8-7-11-21(22)25(30)27-18(3)19-9-5-4-6-10-19/h4-14,18H,15H2,1-3H3,(H,27,30)(H,28,29). The van der Waals surface area contributed by atoms with Crippen molar-refractivity contribution in [1.82, 2.24) is 5.32 Å². The number of amides is 2. The molecule has 3 aromatic rings. The fourth-order valence-corrected chi connectivity index (χ4v) is 3.32. The molecule has 0 spiro atoms. The van der Waals surface area contributed by atoms with Crippen LogP contribution >= 0.6 is 11.6 Å². The van der Waals surface area contributed by atoms with E-state index in [1.54, 1.807) is 36.4 Å². The maximum Gasteiger partial charge on any atom is 0.262 e. The highest BCUT2D eigenvalue weighted by atomic mass is 35.5. The fourth-order valence-electron chi connectivity index (χ4n) is 3.21. The summed E-state index contributed by atoms with van der Waals surface area (Å²) in [5.41, 5.74) is 3.58. The third kappa shape index (κ3) is 5.86. The Balaban J connectivity index is 1.64. The number of carbonyl (C=O) groups excluding carboxylic acids is 2. The second-order valence-corrected chi connectivity index (χ2v) is 7.74. The van der Waals surface area contributed by atoms with E-state index in [1.165, 1.54) is 0 Å². The van der Waals surface area contributed by atoms with Crippen LogP contribution in [0, 0.1) is 13.8 Å². The number of para-hydroxylation sites is 1. The third-order valence-corrected chi connectivity index (χ3v) is 5.47. The molecule has 0 aromatic heterocycles. The number of aryl methyl sites for hydroxylation is 2. The number of anilines is 1. The molecule has 0 bridgehead atoms. The van der Waals surface area contributed by atoms with Crippen molar-refractivity contribution in [3.8, 4) is 5.75 Å².